The maximum atomic E-state index is 8.86. The van der Waals surface area contributed by atoms with Crippen molar-refractivity contribution in [2.75, 3.05) is 12.3 Å². The van der Waals surface area contributed by atoms with Gasteiger partial charge in [0.15, 0.2) is 0 Å². The molecule has 4 heteroatoms. The van der Waals surface area contributed by atoms with E-state index in [9.17, 15) is 0 Å². The highest BCUT2D eigenvalue weighted by Crippen LogP contribution is 2.23. The van der Waals surface area contributed by atoms with Gasteiger partial charge in [-0.15, -0.1) is 0 Å². The van der Waals surface area contributed by atoms with E-state index in [1.807, 2.05) is 25.1 Å². The monoisotopic (exact) mass is 268 g/mol. The van der Waals surface area contributed by atoms with Gasteiger partial charge in [0.25, 0.3) is 0 Å². The molecular formula is C16H16N2O2. The molecular weight excluding hydrogens is 252 g/mol. The zero-order valence-electron chi connectivity index (χ0n) is 11.3. The summed E-state index contributed by atoms with van der Waals surface area (Å²) < 4.78 is 11.2. The van der Waals surface area contributed by atoms with Crippen LogP contribution in [-0.2, 0) is 6.61 Å². The van der Waals surface area contributed by atoms with Crippen LogP contribution < -0.4 is 15.2 Å². The van der Waals surface area contributed by atoms with Crippen LogP contribution in [0, 0.1) is 11.3 Å². The Morgan fingerprint density at radius 1 is 1.15 bits per heavy atom. The van der Waals surface area contributed by atoms with Crippen molar-refractivity contribution in [3.8, 4) is 17.6 Å². The van der Waals surface area contributed by atoms with E-state index in [0.717, 1.165) is 11.3 Å². The number of hydrogen-bond acceptors (Lipinski definition) is 4. The maximum absolute atomic E-state index is 8.86. The van der Waals surface area contributed by atoms with Crippen LogP contribution in [0.4, 0.5) is 5.69 Å². The van der Waals surface area contributed by atoms with Crippen LogP contribution in [0.15, 0.2) is 42.5 Å². The highest BCUT2D eigenvalue weighted by atomic mass is 16.5. The summed E-state index contributed by atoms with van der Waals surface area (Å²) >= 11 is 0. The zero-order chi connectivity index (χ0) is 14.4. The number of hydrogen-bond donors (Lipinski definition) is 1. The van der Waals surface area contributed by atoms with Gasteiger partial charge < -0.3 is 15.2 Å². The average Bonchev–Trinajstić information content (AvgIpc) is 2.48. The number of rotatable bonds is 5. The topological polar surface area (TPSA) is 68.3 Å². The van der Waals surface area contributed by atoms with E-state index in [0.29, 0.717) is 30.2 Å². The van der Waals surface area contributed by atoms with E-state index < -0.39 is 0 Å². The standard InChI is InChI=1S/C16H16N2O2/c1-2-19-16-7-6-14(18)9-13(16)11-20-15-5-3-4-12(8-15)10-17/h3-9H,2,11,18H2,1H3. The lowest BCUT2D eigenvalue weighted by molar-refractivity contribution is 0.286. The molecule has 2 N–H and O–H groups in total. The predicted octanol–water partition coefficient (Wildman–Crippen LogP) is 3.12. The maximum Gasteiger partial charge on any atom is 0.126 e. The number of anilines is 1. The molecule has 0 saturated heterocycles. The Morgan fingerprint density at radius 3 is 2.75 bits per heavy atom. The van der Waals surface area contributed by atoms with Gasteiger partial charge in [0, 0.05) is 11.3 Å². The van der Waals surface area contributed by atoms with Crippen LogP contribution in [0.1, 0.15) is 18.1 Å². The zero-order valence-corrected chi connectivity index (χ0v) is 11.3. The summed E-state index contributed by atoms with van der Waals surface area (Å²) in [7, 11) is 0. The molecule has 2 aromatic rings. The summed E-state index contributed by atoms with van der Waals surface area (Å²) in [6, 6.07) is 14.6. The van der Waals surface area contributed by atoms with Crippen LogP contribution in [-0.4, -0.2) is 6.61 Å². The first-order chi connectivity index (χ1) is 9.72. The van der Waals surface area contributed by atoms with Crippen molar-refractivity contribution < 1.29 is 9.47 Å². The van der Waals surface area contributed by atoms with Crippen molar-refractivity contribution >= 4 is 5.69 Å². The van der Waals surface area contributed by atoms with Crippen molar-refractivity contribution in [1.82, 2.24) is 0 Å². The van der Waals surface area contributed by atoms with Crippen LogP contribution in [0.3, 0.4) is 0 Å². The second-order valence-corrected chi connectivity index (χ2v) is 4.23. The molecule has 2 aromatic carbocycles. The molecule has 0 aliphatic carbocycles. The first-order valence-corrected chi connectivity index (χ1v) is 6.37. The molecule has 20 heavy (non-hydrogen) atoms. The van der Waals surface area contributed by atoms with Gasteiger partial charge in [-0.25, -0.2) is 0 Å². The first-order valence-electron chi connectivity index (χ1n) is 6.37. The number of ether oxygens (including phenoxy) is 2. The lowest BCUT2D eigenvalue weighted by Gasteiger charge is -2.12. The number of nitriles is 1. The fourth-order valence-electron chi connectivity index (χ4n) is 1.82. The van der Waals surface area contributed by atoms with Crippen molar-refractivity contribution in [3.63, 3.8) is 0 Å². The summed E-state index contributed by atoms with van der Waals surface area (Å²) in [5.74, 6) is 1.41. The summed E-state index contributed by atoms with van der Waals surface area (Å²) in [6.45, 7) is 2.85. The van der Waals surface area contributed by atoms with Gasteiger partial charge in [0.2, 0.25) is 0 Å². The molecule has 0 aliphatic heterocycles. The molecule has 102 valence electrons. The van der Waals surface area contributed by atoms with Gasteiger partial charge in [0.1, 0.15) is 18.1 Å². The summed E-state index contributed by atoms with van der Waals surface area (Å²) in [5, 5.41) is 8.86. The highest BCUT2D eigenvalue weighted by molar-refractivity contribution is 5.48. The van der Waals surface area contributed by atoms with Crippen molar-refractivity contribution in [3.05, 3.63) is 53.6 Å². The highest BCUT2D eigenvalue weighted by Gasteiger charge is 2.05. The fourth-order valence-corrected chi connectivity index (χ4v) is 1.82. The third kappa shape index (κ3) is 3.42. The third-order valence-electron chi connectivity index (χ3n) is 2.74. The minimum absolute atomic E-state index is 0.343. The number of nitrogens with zero attached hydrogens (tertiary/aromatic N) is 1. The molecule has 0 spiro atoms. The summed E-state index contributed by atoms with van der Waals surface area (Å²) in [4.78, 5) is 0. The summed E-state index contributed by atoms with van der Waals surface area (Å²) in [6.07, 6.45) is 0. The van der Waals surface area contributed by atoms with Crippen molar-refractivity contribution in [1.29, 1.82) is 5.26 Å². The molecule has 0 saturated carbocycles. The lowest BCUT2D eigenvalue weighted by Crippen LogP contribution is -2.02. The minimum Gasteiger partial charge on any atom is -0.493 e. The van der Waals surface area contributed by atoms with E-state index in [2.05, 4.69) is 6.07 Å². The Labute approximate surface area is 118 Å². The molecule has 0 radical (unpaired) electrons. The quantitative estimate of drug-likeness (QED) is 0.846. The second kappa shape index (κ2) is 6.48. The molecule has 0 aliphatic rings. The van der Waals surface area contributed by atoms with E-state index >= 15 is 0 Å². The fraction of sp³-hybridized carbons (Fsp3) is 0.188. The molecule has 0 atom stereocenters. The summed E-state index contributed by atoms with van der Waals surface area (Å²) in [5.41, 5.74) is 7.90. The largest absolute Gasteiger partial charge is 0.493 e. The van der Waals surface area contributed by atoms with E-state index in [1.54, 1.807) is 24.3 Å². The Morgan fingerprint density at radius 2 is 2.00 bits per heavy atom. The van der Waals surface area contributed by atoms with Crippen LogP contribution in [0.25, 0.3) is 0 Å². The molecule has 0 fully saturated rings. The lowest BCUT2D eigenvalue weighted by atomic mass is 10.2. The van der Waals surface area contributed by atoms with Gasteiger partial charge in [0.05, 0.1) is 18.2 Å². The Bertz CT molecular complexity index is 633. The van der Waals surface area contributed by atoms with Gasteiger partial charge in [-0.05, 0) is 43.3 Å². The van der Waals surface area contributed by atoms with Crippen LogP contribution >= 0.6 is 0 Å². The Balaban J connectivity index is 2.13. The minimum atomic E-state index is 0.343. The Hall–Kier alpha value is -2.67. The smallest absolute Gasteiger partial charge is 0.126 e. The molecule has 0 amide bonds. The molecule has 0 bridgehead atoms. The average molecular weight is 268 g/mol. The van der Waals surface area contributed by atoms with E-state index in [1.165, 1.54) is 0 Å². The molecule has 0 heterocycles. The van der Waals surface area contributed by atoms with E-state index in [-0.39, 0.29) is 0 Å². The number of benzene rings is 2. The molecule has 0 aromatic heterocycles. The predicted molar refractivity (Wildman–Crippen MR) is 77.5 cm³/mol. The first kappa shape index (κ1) is 13.8. The number of nitrogen functional groups attached to an aromatic ring is 1. The van der Waals surface area contributed by atoms with Gasteiger partial charge in [-0.3, -0.25) is 0 Å². The second-order valence-electron chi connectivity index (χ2n) is 4.23. The van der Waals surface area contributed by atoms with Crippen LogP contribution in [0.5, 0.6) is 11.5 Å². The van der Waals surface area contributed by atoms with E-state index in [4.69, 9.17) is 20.5 Å². The normalized spacial score (nSPS) is 9.80. The molecule has 0 unspecified atom stereocenters. The Kier molecular flexibility index (Phi) is 4.46. The SMILES string of the molecule is CCOc1ccc(N)cc1COc1cccc(C#N)c1. The molecule has 4 nitrogen and oxygen atoms in total. The van der Waals surface area contributed by atoms with Crippen molar-refractivity contribution in [2.45, 2.75) is 13.5 Å². The molecule has 2 rings (SSSR count). The third-order valence-corrected chi connectivity index (χ3v) is 2.74. The van der Waals surface area contributed by atoms with Gasteiger partial charge in [-0.2, -0.15) is 5.26 Å². The van der Waals surface area contributed by atoms with Crippen molar-refractivity contribution in [2.24, 2.45) is 0 Å². The van der Waals surface area contributed by atoms with Gasteiger partial charge in [-0.1, -0.05) is 6.07 Å². The van der Waals surface area contributed by atoms with Crippen LogP contribution in [0.2, 0.25) is 0 Å². The van der Waals surface area contributed by atoms with Gasteiger partial charge >= 0.3 is 0 Å². The number of nitrogens with two attached hydrogens (primary N) is 1.